The molecular weight excluding hydrogens is 392 g/mol. The number of fused-ring (bicyclic) bond motifs is 1. The molecule has 0 saturated carbocycles. The monoisotopic (exact) mass is 410 g/mol. The van der Waals surface area contributed by atoms with Crippen LogP contribution in [-0.2, 0) is 6.42 Å². The average molecular weight is 410 g/mol. The molecule has 2 amide bonds. The molecule has 29 heavy (non-hydrogen) atoms. The lowest BCUT2D eigenvalue weighted by Crippen LogP contribution is -2.28. The minimum atomic E-state index is -0.420. The highest BCUT2D eigenvalue weighted by Gasteiger charge is 2.23. The second-order valence-electron chi connectivity index (χ2n) is 6.92. The Morgan fingerprint density at radius 1 is 1.21 bits per heavy atom. The standard InChI is InChI=1S/C19H18N6O3S/c26-16(22-19-21-15(23-24-19)18(27)25-6-1-2-7-25)13-10-29-17(20-13)12-3-4-14-11(9-12)5-8-28-14/h3-4,9-10H,1-2,5-8H2,(H2,21,22,23,24,26). The third-order valence-corrected chi connectivity index (χ3v) is 5.87. The zero-order chi connectivity index (χ0) is 19.8. The summed E-state index contributed by atoms with van der Waals surface area (Å²) >= 11 is 1.39. The van der Waals surface area contributed by atoms with Gasteiger partial charge in [-0.2, -0.15) is 4.98 Å². The van der Waals surface area contributed by atoms with Crippen molar-refractivity contribution in [2.24, 2.45) is 0 Å². The SMILES string of the molecule is O=C(Nc1n[nH]c(C(=O)N2CCCC2)n1)c1csc(-c2ccc3c(c2)CCO3)n1. The van der Waals surface area contributed by atoms with E-state index in [0.717, 1.165) is 54.2 Å². The first kappa shape index (κ1) is 17.8. The molecule has 148 valence electrons. The van der Waals surface area contributed by atoms with Crippen LogP contribution < -0.4 is 10.1 Å². The van der Waals surface area contributed by atoms with Crippen molar-refractivity contribution >= 4 is 29.1 Å². The number of likely N-dealkylation sites (tertiary alicyclic amines) is 1. The summed E-state index contributed by atoms with van der Waals surface area (Å²) in [5.41, 5.74) is 2.38. The van der Waals surface area contributed by atoms with Crippen LogP contribution in [0.15, 0.2) is 23.6 Å². The maximum atomic E-state index is 12.5. The highest BCUT2D eigenvalue weighted by atomic mass is 32.1. The van der Waals surface area contributed by atoms with Gasteiger partial charge < -0.3 is 9.64 Å². The number of rotatable bonds is 4. The summed E-state index contributed by atoms with van der Waals surface area (Å²) in [6.45, 7) is 2.14. The molecule has 1 aromatic carbocycles. The van der Waals surface area contributed by atoms with Gasteiger partial charge in [0.2, 0.25) is 11.8 Å². The molecule has 9 nitrogen and oxygen atoms in total. The number of aromatic nitrogens is 4. The van der Waals surface area contributed by atoms with Crippen LogP contribution in [0, 0.1) is 0 Å². The van der Waals surface area contributed by atoms with Crippen LogP contribution in [0.5, 0.6) is 5.75 Å². The maximum absolute atomic E-state index is 12.5. The zero-order valence-corrected chi connectivity index (χ0v) is 16.3. The summed E-state index contributed by atoms with van der Waals surface area (Å²) in [6.07, 6.45) is 2.87. The number of hydrogen-bond acceptors (Lipinski definition) is 7. The maximum Gasteiger partial charge on any atom is 0.291 e. The fourth-order valence-electron chi connectivity index (χ4n) is 3.48. The molecule has 0 radical (unpaired) electrons. The number of nitrogens with zero attached hydrogens (tertiary/aromatic N) is 4. The molecule has 3 aromatic rings. The predicted octanol–water partition coefficient (Wildman–Crippen LogP) is 2.35. The number of thiazole rings is 1. The van der Waals surface area contributed by atoms with E-state index in [2.05, 4.69) is 25.5 Å². The van der Waals surface area contributed by atoms with Crippen molar-refractivity contribution in [2.75, 3.05) is 25.0 Å². The summed E-state index contributed by atoms with van der Waals surface area (Å²) in [5, 5.41) is 11.6. The lowest BCUT2D eigenvalue weighted by atomic mass is 10.1. The molecule has 2 N–H and O–H groups in total. The molecule has 2 aliphatic heterocycles. The van der Waals surface area contributed by atoms with Crippen molar-refractivity contribution < 1.29 is 14.3 Å². The Balaban J connectivity index is 1.28. The van der Waals surface area contributed by atoms with Crippen LogP contribution in [0.2, 0.25) is 0 Å². The molecular formula is C19H18N6O3S. The number of amides is 2. The molecule has 0 atom stereocenters. The molecule has 2 aliphatic rings. The van der Waals surface area contributed by atoms with Crippen LogP contribution in [0.25, 0.3) is 10.6 Å². The van der Waals surface area contributed by atoms with Gasteiger partial charge >= 0.3 is 0 Å². The molecule has 4 heterocycles. The number of aromatic amines is 1. The Morgan fingerprint density at radius 2 is 2.07 bits per heavy atom. The second-order valence-corrected chi connectivity index (χ2v) is 7.78. The van der Waals surface area contributed by atoms with E-state index in [1.54, 1.807) is 10.3 Å². The Morgan fingerprint density at radius 3 is 2.93 bits per heavy atom. The summed E-state index contributed by atoms with van der Waals surface area (Å²) in [7, 11) is 0. The van der Waals surface area contributed by atoms with E-state index in [0.29, 0.717) is 6.61 Å². The fourth-order valence-corrected chi connectivity index (χ4v) is 4.28. The van der Waals surface area contributed by atoms with Gasteiger partial charge in [-0.3, -0.25) is 20.0 Å². The Kier molecular flexibility index (Phi) is 4.47. The molecule has 0 bridgehead atoms. The van der Waals surface area contributed by atoms with Gasteiger partial charge in [-0.05, 0) is 36.6 Å². The van der Waals surface area contributed by atoms with Crippen molar-refractivity contribution in [1.82, 2.24) is 25.1 Å². The number of ether oxygens (including phenoxy) is 1. The van der Waals surface area contributed by atoms with Crippen molar-refractivity contribution in [2.45, 2.75) is 19.3 Å². The normalized spacial score (nSPS) is 15.2. The summed E-state index contributed by atoms with van der Waals surface area (Å²) in [5.74, 6) is 0.471. The minimum Gasteiger partial charge on any atom is -0.493 e. The van der Waals surface area contributed by atoms with Gasteiger partial charge in [0.05, 0.1) is 6.61 Å². The van der Waals surface area contributed by atoms with Gasteiger partial charge in [0, 0.05) is 30.5 Å². The van der Waals surface area contributed by atoms with Crippen molar-refractivity contribution in [3.8, 4) is 16.3 Å². The summed E-state index contributed by atoms with van der Waals surface area (Å²) in [6, 6.07) is 5.93. The first-order chi connectivity index (χ1) is 14.2. The molecule has 0 spiro atoms. The predicted molar refractivity (Wildman–Crippen MR) is 106 cm³/mol. The zero-order valence-electron chi connectivity index (χ0n) is 15.5. The van der Waals surface area contributed by atoms with Crippen molar-refractivity contribution in [3.63, 3.8) is 0 Å². The highest BCUT2D eigenvalue weighted by molar-refractivity contribution is 7.13. The molecule has 2 aromatic heterocycles. The summed E-state index contributed by atoms with van der Waals surface area (Å²) in [4.78, 5) is 35.1. The average Bonchev–Trinajstić information content (AvgIpc) is 3.54. The Hall–Kier alpha value is -3.27. The number of hydrogen-bond donors (Lipinski definition) is 2. The van der Waals surface area contributed by atoms with Gasteiger partial charge in [-0.25, -0.2) is 4.98 Å². The number of benzene rings is 1. The van der Waals surface area contributed by atoms with E-state index >= 15 is 0 Å². The van der Waals surface area contributed by atoms with Gasteiger partial charge in [-0.1, -0.05) is 0 Å². The van der Waals surface area contributed by atoms with E-state index < -0.39 is 5.91 Å². The van der Waals surface area contributed by atoms with Gasteiger partial charge in [0.25, 0.3) is 11.8 Å². The molecule has 1 fully saturated rings. The van der Waals surface area contributed by atoms with Gasteiger partial charge in [-0.15, -0.1) is 16.4 Å². The lowest BCUT2D eigenvalue weighted by molar-refractivity contribution is 0.0781. The van der Waals surface area contributed by atoms with Crippen LogP contribution >= 0.6 is 11.3 Å². The quantitative estimate of drug-likeness (QED) is 0.683. The Bertz CT molecular complexity index is 1090. The molecule has 5 rings (SSSR count). The highest BCUT2D eigenvalue weighted by Crippen LogP contribution is 2.32. The van der Waals surface area contributed by atoms with Crippen LogP contribution in [-0.4, -0.2) is 56.6 Å². The van der Waals surface area contributed by atoms with E-state index in [9.17, 15) is 9.59 Å². The topological polar surface area (TPSA) is 113 Å². The van der Waals surface area contributed by atoms with E-state index in [4.69, 9.17) is 4.74 Å². The van der Waals surface area contributed by atoms with Crippen LogP contribution in [0.3, 0.4) is 0 Å². The lowest BCUT2D eigenvalue weighted by Gasteiger charge is -2.12. The third-order valence-electron chi connectivity index (χ3n) is 4.98. The number of carbonyl (C=O) groups is 2. The van der Waals surface area contributed by atoms with Crippen LogP contribution in [0.1, 0.15) is 39.5 Å². The van der Waals surface area contributed by atoms with E-state index in [1.807, 2.05) is 18.2 Å². The first-order valence-corrected chi connectivity index (χ1v) is 10.3. The Labute approximate surface area is 170 Å². The third kappa shape index (κ3) is 3.46. The smallest absolute Gasteiger partial charge is 0.291 e. The summed E-state index contributed by atoms with van der Waals surface area (Å²) < 4.78 is 5.53. The number of nitrogens with one attached hydrogen (secondary N) is 2. The molecule has 0 aliphatic carbocycles. The molecule has 10 heteroatoms. The molecule has 1 saturated heterocycles. The number of anilines is 1. The fraction of sp³-hybridized carbons (Fsp3) is 0.316. The van der Waals surface area contributed by atoms with Crippen LogP contribution in [0.4, 0.5) is 5.95 Å². The first-order valence-electron chi connectivity index (χ1n) is 9.42. The minimum absolute atomic E-state index is 0.0572. The van der Waals surface area contributed by atoms with E-state index in [1.165, 1.54) is 11.3 Å². The van der Waals surface area contributed by atoms with Gasteiger partial charge in [0.1, 0.15) is 16.5 Å². The van der Waals surface area contributed by atoms with Crippen molar-refractivity contribution in [1.29, 1.82) is 0 Å². The van der Waals surface area contributed by atoms with Crippen molar-refractivity contribution in [3.05, 3.63) is 40.7 Å². The number of H-pyrrole nitrogens is 1. The van der Waals surface area contributed by atoms with E-state index in [-0.39, 0.29) is 23.4 Å². The largest absolute Gasteiger partial charge is 0.493 e. The second kappa shape index (κ2) is 7.28. The van der Waals surface area contributed by atoms with Gasteiger partial charge in [0.15, 0.2) is 0 Å². The number of carbonyl (C=O) groups excluding carboxylic acids is 2. The molecule has 0 unspecified atom stereocenters.